The Kier molecular flexibility index (Phi) is 4.92. The van der Waals surface area contributed by atoms with Crippen LogP contribution in [-0.2, 0) is 4.79 Å². The Morgan fingerprint density at radius 2 is 1.96 bits per heavy atom. The first kappa shape index (κ1) is 16.7. The highest BCUT2D eigenvalue weighted by atomic mass is 32.2. The van der Waals surface area contributed by atoms with E-state index in [-0.39, 0.29) is 11.2 Å². The molecule has 0 aromatic carbocycles. The molecule has 0 aliphatic heterocycles. The summed E-state index contributed by atoms with van der Waals surface area (Å²) in [6.07, 6.45) is 4.68. The van der Waals surface area contributed by atoms with E-state index in [4.69, 9.17) is 0 Å². The number of thiophene rings is 1. The predicted molar refractivity (Wildman–Crippen MR) is 97.3 cm³/mol. The third-order valence-electron chi connectivity index (χ3n) is 4.47. The average molecular weight is 350 g/mol. The first-order valence-electron chi connectivity index (χ1n) is 8.17. The van der Waals surface area contributed by atoms with Gasteiger partial charge in [0.2, 0.25) is 5.91 Å². The summed E-state index contributed by atoms with van der Waals surface area (Å²) in [5, 5.41) is 5.08. The van der Waals surface area contributed by atoms with E-state index in [1.807, 2.05) is 13.8 Å². The highest BCUT2D eigenvalue weighted by Gasteiger charge is 2.23. The van der Waals surface area contributed by atoms with Crippen LogP contribution in [0.4, 0.5) is 0 Å². The lowest BCUT2D eigenvalue weighted by Gasteiger charge is -2.16. The largest absolute Gasteiger partial charge is 0.352 e. The number of carbonyl (C=O) groups excluding carboxylic acids is 1. The van der Waals surface area contributed by atoms with Crippen LogP contribution < -0.4 is 5.32 Å². The number of aryl methyl sites for hydroxylation is 3. The van der Waals surface area contributed by atoms with Gasteiger partial charge in [0, 0.05) is 16.3 Å². The molecule has 3 rings (SSSR count). The van der Waals surface area contributed by atoms with Gasteiger partial charge in [-0.05, 0) is 46.1 Å². The maximum absolute atomic E-state index is 12.4. The molecule has 1 saturated carbocycles. The second kappa shape index (κ2) is 6.77. The van der Waals surface area contributed by atoms with Crippen molar-refractivity contribution in [1.82, 2.24) is 15.3 Å². The molecular weight excluding hydrogens is 326 g/mol. The Morgan fingerprint density at radius 3 is 2.65 bits per heavy atom. The number of aromatic nitrogens is 2. The zero-order valence-corrected chi connectivity index (χ0v) is 15.7. The topological polar surface area (TPSA) is 54.9 Å². The maximum Gasteiger partial charge on any atom is 0.233 e. The van der Waals surface area contributed by atoms with E-state index >= 15 is 0 Å². The summed E-state index contributed by atoms with van der Waals surface area (Å²) in [5.74, 6) is 0.889. The zero-order valence-electron chi connectivity index (χ0n) is 14.1. The van der Waals surface area contributed by atoms with Crippen LogP contribution >= 0.6 is 23.1 Å². The van der Waals surface area contributed by atoms with Crippen molar-refractivity contribution in [1.29, 1.82) is 0 Å². The Bertz CT molecular complexity index is 735. The third kappa shape index (κ3) is 3.53. The van der Waals surface area contributed by atoms with E-state index in [1.54, 1.807) is 23.1 Å². The van der Waals surface area contributed by atoms with E-state index in [9.17, 15) is 4.79 Å². The lowest BCUT2D eigenvalue weighted by molar-refractivity contribution is -0.120. The van der Waals surface area contributed by atoms with Gasteiger partial charge in [-0.15, -0.1) is 11.3 Å². The Morgan fingerprint density at radius 1 is 1.26 bits per heavy atom. The normalized spacial score (nSPS) is 16.9. The standard InChI is InChI=1S/C17H23N3OS2/c1-9-10(2)22-16-14(9)17(19-12(4)18-16)23-11(3)15(21)20-13-7-5-6-8-13/h11,13H,5-8H2,1-4H3,(H,20,21)/t11-/m0/s1. The first-order valence-corrected chi connectivity index (χ1v) is 9.86. The van der Waals surface area contributed by atoms with Gasteiger partial charge < -0.3 is 5.32 Å². The fourth-order valence-corrected chi connectivity index (χ4v) is 5.21. The Balaban J connectivity index is 1.81. The SMILES string of the molecule is Cc1nc(S[C@@H](C)C(=O)NC2CCCC2)c2c(C)c(C)sc2n1. The predicted octanol–water partition coefficient (Wildman–Crippen LogP) is 4.16. The summed E-state index contributed by atoms with van der Waals surface area (Å²) in [6.45, 7) is 8.10. The van der Waals surface area contributed by atoms with E-state index < -0.39 is 0 Å². The third-order valence-corrected chi connectivity index (χ3v) is 6.65. The van der Waals surface area contributed by atoms with Gasteiger partial charge >= 0.3 is 0 Å². The Labute approximate surface area is 145 Å². The minimum Gasteiger partial charge on any atom is -0.352 e. The number of carbonyl (C=O) groups is 1. The highest BCUT2D eigenvalue weighted by Crippen LogP contribution is 2.36. The van der Waals surface area contributed by atoms with Crippen LogP contribution in [0.1, 0.15) is 48.9 Å². The quantitative estimate of drug-likeness (QED) is 0.665. The van der Waals surface area contributed by atoms with Crippen LogP contribution in [0, 0.1) is 20.8 Å². The molecule has 1 amide bonds. The fraction of sp³-hybridized carbons (Fsp3) is 0.588. The van der Waals surface area contributed by atoms with E-state index in [2.05, 4.69) is 29.1 Å². The maximum atomic E-state index is 12.4. The monoisotopic (exact) mass is 349 g/mol. The number of hydrogen-bond acceptors (Lipinski definition) is 5. The van der Waals surface area contributed by atoms with Crippen molar-refractivity contribution in [3.63, 3.8) is 0 Å². The molecule has 0 unspecified atom stereocenters. The molecule has 1 atom stereocenters. The summed E-state index contributed by atoms with van der Waals surface area (Å²) in [6, 6.07) is 0.364. The van der Waals surface area contributed by atoms with Crippen molar-refractivity contribution in [3.8, 4) is 0 Å². The van der Waals surface area contributed by atoms with Gasteiger partial charge in [0.15, 0.2) is 0 Å². The molecule has 1 N–H and O–H groups in total. The molecule has 2 aromatic heterocycles. The number of hydrogen-bond donors (Lipinski definition) is 1. The van der Waals surface area contributed by atoms with Gasteiger partial charge in [-0.1, -0.05) is 24.6 Å². The number of fused-ring (bicyclic) bond motifs is 1. The summed E-state index contributed by atoms with van der Waals surface area (Å²) in [5.41, 5.74) is 1.23. The van der Waals surface area contributed by atoms with E-state index in [0.717, 1.165) is 33.9 Å². The van der Waals surface area contributed by atoms with E-state index in [1.165, 1.54) is 23.3 Å². The van der Waals surface area contributed by atoms with Gasteiger partial charge in [0.1, 0.15) is 15.7 Å². The van der Waals surface area contributed by atoms with Gasteiger partial charge in [0.25, 0.3) is 0 Å². The number of rotatable bonds is 4. The van der Waals surface area contributed by atoms with Crippen LogP contribution in [0.3, 0.4) is 0 Å². The van der Waals surface area contributed by atoms with Crippen molar-refractivity contribution in [2.24, 2.45) is 0 Å². The molecule has 2 aromatic rings. The van der Waals surface area contributed by atoms with Crippen LogP contribution in [0.15, 0.2) is 5.03 Å². The van der Waals surface area contributed by atoms with Crippen LogP contribution in [-0.4, -0.2) is 27.2 Å². The number of nitrogens with zero attached hydrogens (tertiary/aromatic N) is 2. The van der Waals surface area contributed by atoms with E-state index in [0.29, 0.717) is 6.04 Å². The lowest BCUT2D eigenvalue weighted by atomic mass is 10.2. The molecule has 23 heavy (non-hydrogen) atoms. The summed E-state index contributed by atoms with van der Waals surface area (Å²) in [7, 11) is 0. The van der Waals surface area contributed by atoms with Gasteiger partial charge in [-0.25, -0.2) is 9.97 Å². The lowest BCUT2D eigenvalue weighted by Crippen LogP contribution is -2.37. The minimum atomic E-state index is -0.146. The van der Waals surface area contributed by atoms with Gasteiger partial charge in [-0.3, -0.25) is 4.79 Å². The molecule has 1 fully saturated rings. The Hall–Kier alpha value is -1.14. The molecule has 1 aliphatic carbocycles. The van der Waals surface area contributed by atoms with Crippen LogP contribution in [0.2, 0.25) is 0 Å². The van der Waals surface area contributed by atoms with Crippen molar-refractivity contribution in [2.45, 2.75) is 69.7 Å². The van der Waals surface area contributed by atoms with Gasteiger partial charge in [0.05, 0.1) is 5.25 Å². The second-order valence-corrected chi connectivity index (χ2v) is 8.82. The molecule has 0 saturated heterocycles. The first-order chi connectivity index (χ1) is 11.0. The van der Waals surface area contributed by atoms with Crippen LogP contribution in [0.25, 0.3) is 10.2 Å². The number of amides is 1. The van der Waals surface area contributed by atoms with Crippen molar-refractivity contribution in [2.75, 3.05) is 0 Å². The summed E-state index contributed by atoms with van der Waals surface area (Å²) in [4.78, 5) is 23.9. The molecule has 124 valence electrons. The van der Waals surface area contributed by atoms with Crippen LogP contribution in [0.5, 0.6) is 0 Å². The highest BCUT2D eigenvalue weighted by molar-refractivity contribution is 8.00. The molecule has 6 heteroatoms. The smallest absolute Gasteiger partial charge is 0.233 e. The minimum absolute atomic E-state index is 0.121. The number of nitrogens with one attached hydrogen (secondary N) is 1. The van der Waals surface area contributed by atoms with Crippen molar-refractivity contribution >= 4 is 39.2 Å². The average Bonchev–Trinajstić information content (AvgIpc) is 3.08. The summed E-state index contributed by atoms with van der Waals surface area (Å²) < 4.78 is 0. The van der Waals surface area contributed by atoms with Crippen molar-refractivity contribution in [3.05, 3.63) is 16.3 Å². The van der Waals surface area contributed by atoms with Gasteiger partial charge in [-0.2, -0.15) is 0 Å². The zero-order chi connectivity index (χ0) is 16.6. The second-order valence-electron chi connectivity index (χ2n) is 6.29. The number of thioether (sulfide) groups is 1. The summed E-state index contributed by atoms with van der Waals surface area (Å²) >= 11 is 3.25. The fourth-order valence-electron chi connectivity index (χ4n) is 3.01. The molecule has 0 bridgehead atoms. The van der Waals surface area contributed by atoms with Crippen molar-refractivity contribution < 1.29 is 4.79 Å². The molecule has 0 radical (unpaired) electrons. The molecule has 0 spiro atoms. The molecular formula is C17H23N3OS2. The molecule has 4 nitrogen and oxygen atoms in total. The molecule has 1 aliphatic rings. The molecule has 2 heterocycles.